The van der Waals surface area contributed by atoms with Gasteiger partial charge in [-0.3, -0.25) is 4.79 Å². The second kappa shape index (κ2) is 6.95. The lowest BCUT2D eigenvalue weighted by atomic mass is 9.88. The lowest BCUT2D eigenvalue weighted by Crippen LogP contribution is -2.34. The maximum Gasteiger partial charge on any atom is 0.308 e. The van der Waals surface area contributed by atoms with E-state index in [1.165, 1.54) is 0 Å². The fourth-order valence-corrected chi connectivity index (χ4v) is 2.94. The van der Waals surface area contributed by atoms with Crippen LogP contribution in [0.4, 0.5) is 0 Å². The molecule has 0 aromatic heterocycles. The van der Waals surface area contributed by atoms with Gasteiger partial charge in [-0.25, -0.2) is 0 Å². The topological polar surface area (TPSA) is 61.7 Å². The van der Waals surface area contributed by atoms with Crippen molar-refractivity contribution in [2.45, 2.75) is 57.1 Å². The minimum Gasteiger partial charge on any atom is -0.591 e. The van der Waals surface area contributed by atoms with Gasteiger partial charge in [-0.15, -0.1) is 11.6 Å². The molecule has 1 aliphatic rings. The van der Waals surface area contributed by atoms with Crippen molar-refractivity contribution in [3.8, 4) is 0 Å². The van der Waals surface area contributed by atoms with Gasteiger partial charge in [0.15, 0.2) is 0 Å². The number of hydrogen-bond donors (Lipinski definition) is 0. The van der Waals surface area contributed by atoms with Crippen LogP contribution in [-0.4, -0.2) is 33.0 Å². The van der Waals surface area contributed by atoms with E-state index < -0.39 is 11.4 Å². The molecule has 1 aliphatic carbocycles. The van der Waals surface area contributed by atoms with E-state index in [0.717, 1.165) is 5.71 Å². The third-order valence-corrected chi connectivity index (χ3v) is 4.82. The van der Waals surface area contributed by atoms with E-state index in [-0.39, 0.29) is 22.0 Å². The van der Waals surface area contributed by atoms with Crippen molar-refractivity contribution in [1.29, 1.82) is 0 Å². The molecule has 19 heavy (non-hydrogen) atoms. The summed E-state index contributed by atoms with van der Waals surface area (Å²) in [5.41, 5.74) is 0.746. The van der Waals surface area contributed by atoms with E-state index in [4.69, 9.17) is 16.3 Å². The molecule has 0 saturated heterocycles. The molecule has 0 amide bonds. The highest BCUT2D eigenvalue weighted by molar-refractivity contribution is 7.91. The van der Waals surface area contributed by atoms with Gasteiger partial charge in [0, 0.05) is 0 Å². The zero-order chi connectivity index (χ0) is 14.6. The molecule has 1 unspecified atom stereocenters. The van der Waals surface area contributed by atoms with Gasteiger partial charge in [0.2, 0.25) is 0 Å². The van der Waals surface area contributed by atoms with E-state index in [1.807, 2.05) is 20.8 Å². The third-order valence-electron chi connectivity index (χ3n) is 2.95. The molecular formula is C13H22ClNO3S. The largest absolute Gasteiger partial charge is 0.591 e. The fraction of sp³-hybridized carbons (Fsp3) is 0.846. The molecule has 1 rings (SSSR count). The molecule has 110 valence electrons. The molecule has 0 N–H and O–H groups in total. The van der Waals surface area contributed by atoms with E-state index >= 15 is 0 Å². The van der Waals surface area contributed by atoms with Crippen LogP contribution >= 0.6 is 11.6 Å². The summed E-state index contributed by atoms with van der Waals surface area (Å²) in [4.78, 5) is 11.7. The highest BCUT2D eigenvalue weighted by Gasteiger charge is 2.34. The maximum atomic E-state index is 12.0. The molecule has 1 saturated carbocycles. The minimum absolute atomic E-state index is 0.163. The first-order valence-corrected chi connectivity index (χ1v) is 8.10. The van der Waals surface area contributed by atoms with Gasteiger partial charge in [-0.05, 0) is 47.0 Å². The predicted molar refractivity (Wildman–Crippen MR) is 78.9 cm³/mol. The van der Waals surface area contributed by atoms with Crippen molar-refractivity contribution in [2.24, 2.45) is 10.3 Å². The highest BCUT2D eigenvalue weighted by atomic mass is 35.5. The summed E-state index contributed by atoms with van der Waals surface area (Å²) >= 11 is 4.95. The van der Waals surface area contributed by atoms with Crippen molar-refractivity contribution in [1.82, 2.24) is 0 Å². The van der Waals surface area contributed by atoms with E-state index in [2.05, 4.69) is 4.40 Å². The number of rotatable bonds is 3. The number of ether oxygens (including phenoxy) is 1. The predicted octanol–water partition coefficient (Wildman–Crippen LogP) is 2.86. The Bertz CT molecular complexity index is 354. The van der Waals surface area contributed by atoms with E-state index in [0.29, 0.717) is 25.9 Å². The van der Waals surface area contributed by atoms with Gasteiger partial charge in [0.05, 0.1) is 23.6 Å². The summed E-state index contributed by atoms with van der Waals surface area (Å²) < 4.78 is 20.8. The normalized spacial score (nSPS) is 28.2. The smallest absolute Gasteiger partial charge is 0.308 e. The van der Waals surface area contributed by atoms with Crippen LogP contribution < -0.4 is 0 Å². The van der Waals surface area contributed by atoms with Crippen LogP contribution in [0.1, 0.15) is 47.0 Å². The van der Waals surface area contributed by atoms with Crippen LogP contribution in [0.2, 0.25) is 0 Å². The summed E-state index contributed by atoms with van der Waals surface area (Å²) in [6.45, 7) is 7.80. The molecule has 0 spiro atoms. The lowest BCUT2D eigenvalue weighted by molar-refractivity contribution is -0.148. The Labute approximate surface area is 123 Å². The average molecular weight is 308 g/mol. The minimum atomic E-state index is -1.29. The zero-order valence-electron chi connectivity index (χ0n) is 11.9. The molecule has 0 bridgehead atoms. The molecule has 4 nitrogen and oxygen atoms in total. The van der Waals surface area contributed by atoms with Crippen LogP contribution in [0.15, 0.2) is 4.40 Å². The van der Waals surface area contributed by atoms with E-state index in [9.17, 15) is 9.35 Å². The summed E-state index contributed by atoms with van der Waals surface area (Å²) in [6, 6.07) is 0. The highest BCUT2D eigenvalue weighted by Crippen LogP contribution is 2.29. The Morgan fingerprint density at radius 3 is 2.68 bits per heavy atom. The number of esters is 1. The van der Waals surface area contributed by atoms with Gasteiger partial charge in [0.25, 0.3) is 0 Å². The first kappa shape index (κ1) is 16.8. The maximum absolute atomic E-state index is 12.0. The van der Waals surface area contributed by atoms with Crippen LogP contribution in [0.3, 0.4) is 0 Å². The summed E-state index contributed by atoms with van der Waals surface area (Å²) in [6.07, 6.45) is 1.79. The van der Waals surface area contributed by atoms with Gasteiger partial charge in [-0.2, -0.15) is 0 Å². The summed E-state index contributed by atoms with van der Waals surface area (Å²) in [5, 5.41) is -0.325. The van der Waals surface area contributed by atoms with Crippen LogP contribution in [0, 0.1) is 5.92 Å². The molecule has 0 radical (unpaired) electrons. The molecule has 3 atom stereocenters. The first-order chi connectivity index (χ1) is 8.75. The molecule has 1 fully saturated rings. The SMILES string of the molecule is CCOC(=O)[C@H]1CCC(=N[S+]([O-])C(C)(C)C)[C@@H](Cl)C1. The van der Waals surface area contributed by atoms with Gasteiger partial charge in [0.1, 0.15) is 16.1 Å². The Kier molecular flexibility index (Phi) is 6.15. The monoisotopic (exact) mass is 307 g/mol. The van der Waals surface area contributed by atoms with Gasteiger partial charge >= 0.3 is 5.97 Å². The van der Waals surface area contributed by atoms with Crippen molar-refractivity contribution >= 4 is 34.6 Å². The average Bonchev–Trinajstić information content (AvgIpc) is 2.30. The third kappa shape index (κ3) is 4.97. The Hall–Kier alpha value is -0.260. The first-order valence-electron chi connectivity index (χ1n) is 6.55. The lowest BCUT2D eigenvalue weighted by Gasteiger charge is -2.26. The number of carbonyl (C=O) groups is 1. The molecule has 0 aromatic carbocycles. The van der Waals surface area contributed by atoms with Crippen LogP contribution in [0.25, 0.3) is 0 Å². The number of nitrogens with zero attached hydrogens (tertiary/aromatic N) is 1. The fourth-order valence-electron chi connectivity index (χ4n) is 1.80. The Balaban J connectivity index is 2.64. The van der Waals surface area contributed by atoms with Crippen molar-refractivity contribution < 1.29 is 14.1 Å². The molecule has 0 heterocycles. The second-order valence-electron chi connectivity index (χ2n) is 5.64. The van der Waals surface area contributed by atoms with Gasteiger partial charge < -0.3 is 9.29 Å². The number of carbonyl (C=O) groups excluding carboxylic acids is 1. The second-order valence-corrected chi connectivity index (χ2v) is 8.07. The quantitative estimate of drug-likeness (QED) is 0.457. The van der Waals surface area contributed by atoms with E-state index in [1.54, 1.807) is 6.92 Å². The Morgan fingerprint density at radius 1 is 1.58 bits per heavy atom. The molecule has 0 aromatic rings. The van der Waals surface area contributed by atoms with Crippen molar-refractivity contribution in [3.63, 3.8) is 0 Å². The number of halogens is 1. The number of hydrogen-bond acceptors (Lipinski definition) is 4. The Morgan fingerprint density at radius 2 is 2.21 bits per heavy atom. The summed E-state index contributed by atoms with van der Waals surface area (Å²) in [5.74, 6) is -0.353. The van der Waals surface area contributed by atoms with Crippen molar-refractivity contribution in [2.75, 3.05) is 6.61 Å². The van der Waals surface area contributed by atoms with Crippen LogP contribution in [0.5, 0.6) is 0 Å². The standard InChI is InChI=1S/C13H22ClNO3S/c1-5-18-12(16)9-6-7-11(10(14)8-9)15-19(17)13(2,3)4/h9-10H,5-8H2,1-4H3/t9-,10-,19?/m0/s1. The molecule has 0 aliphatic heterocycles. The van der Waals surface area contributed by atoms with Crippen LogP contribution in [-0.2, 0) is 20.9 Å². The molecule has 6 heteroatoms. The summed E-state index contributed by atoms with van der Waals surface area (Å²) in [7, 11) is 0. The number of alkyl halides is 1. The van der Waals surface area contributed by atoms with Gasteiger partial charge in [-0.1, -0.05) is 4.40 Å². The molecular weight excluding hydrogens is 286 g/mol. The zero-order valence-corrected chi connectivity index (χ0v) is 13.5. The van der Waals surface area contributed by atoms with Crippen molar-refractivity contribution in [3.05, 3.63) is 0 Å².